The van der Waals surface area contributed by atoms with E-state index in [4.69, 9.17) is 4.42 Å². The molecular weight excluding hydrogens is 157 g/mol. The molecule has 0 aliphatic heterocycles. The molecule has 0 aromatic carbocycles. The van der Waals surface area contributed by atoms with Crippen LogP contribution in [0.2, 0.25) is 0 Å². The Bertz CT molecular complexity index is 234. The third kappa shape index (κ3) is 2.34. The molecule has 1 heterocycles. The lowest BCUT2D eigenvalue weighted by Crippen LogP contribution is -2.20. The summed E-state index contributed by atoms with van der Waals surface area (Å²) in [6.45, 7) is 3.88. The summed E-state index contributed by atoms with van der Waals surface area (Å²) in [4.78, 5) is 0. The SMILES string of the molecule is Cc1ccc(C(C)NCCF)o1. The molecule has 3 heteroatoms. The Hall–Kier alpha value is -0.830. The van der Waals surface area contributed by atoms with Gasteiger partial charge >= 0.3 is 0 Å². The summed E-state index contributed by atoms with van der Waals surface area (Å²) in [6, 6.07) is 3.91. The second-order valence-corrected chi connectivity index (χ2v) is 2.81. The Balaban J connectivity index is 2.47. The average molecular weight is 171 g/mol. The van der Waals surface area contributed by atoms with Gasteiger partial charge in [-0.1, -0.05) is 0 Å². The normalized spacial score (nSPS) is 13.2. The van der Waals surface area contributed by atoms with Crippen LogP contribution < -0.4 is 5.32 Å². The van der Waals surface area contributed by atoms with Crippen LogP contribution in [-0.4, -0.2) is 13.2 Å². The molecule has 0 fully saturated rings. The van der Waals surface area contributed by atoms with Gasteiger partial charge in [0, 0.05) is 6.54 Å². The molecule has 1 atom stereocenters. The van der Waals surface area contributed by atoms with Gasteiger partial charge in [-0.3, -0.25) is 0 Å². The van der Waals surface area contributed by atoms with Crippen molar-refractivity contribution in [2.45, 2.75) is 19.9 Å². The summed E-state index contributed by atoms with van der Waals surface area (Å²) < 4.78 is 17.1. The summed E-state index contributed by atoms with van der Waals surface area (Å²) in [5.41, 5.74) is 0. The standard InChI is InChI=1S/C9H14FNO/c1-7-3-4-9(12-7)8(2)11-6-5-10/h3-4,8,11H,5-6H2,1-2H3. The second-order valence-electron chi connectivity index (χ2n) is 2.81. The van der Waals surface area contributed by atoms with Crippen LogP contribution in [0.3, 0.4) is 0 Å². The highest BCUT2D eigenvalue weighted by atomic mass is 19.1. The lowest BCUT2D eigenvalue weighted by Gasteiger charge is -2.08. The number of hydrogen-bond donors (Lipinski definition) is 1. The van der Waals surface area contributed by atoms with E-state index in [0.717, 1.165) is 11.5 Å². The number of aryl methyl sites for hydroxylation is 1. The quantitative estimate of drug-likeness (QED) is 0.751. The zero-order valence-corrected chi connectivity index (χ0v) is 7.43. The summed E-state index contributed by atoms with van der Waals surface area (Å²) in [5.74, 6) is 1.75. The molecular formula is C9H14FNO. The van der Waals surface area contributed by atoms with E-state index < -0.39 is 0 Å². The van der Waals surface area contributed by atoms with Crippen molar-refractivity contribution in [3.63, 3.8) is 0 Å². The molecule has 0 radical (unpaired) electrons. The molecule has 0 spiro atoms. The van der Waals surface area contributed by atoms with Gasteiger partial charge in [-0.2, -0.15) is 0 Å². The molecule has 1 rings (SSSR count). The van der Waals surface area contributed by atoms with Crippen molar-refractivity contribution in [2.24, 2.45) is 0 Å². The molecule has 68 valence electrons. The van der Waals surface area contributed by atoms with Gasteiger partial charge in [0.2, 0.25) is 0 Å². The van der Waals surface area contributed by atoms with E-state index in [9.17, 15) is 4.39 Å². The number of alkyl halides is 1. The summed E-state index contributed by atoms with van der Waals surface area (Å²) in [5, 5.41) is 2.99. The number of nitrogens with one attached hydrogen (secondary N) is 1. The van der Waals surface area contributed by atoms with E-state index in [2.05, 4.69) is 5.32 Å². The molecule has 0 aliphatic rings. The molecule has 0 saturated carbocycles. The molecule has 0 saturated heterocycles. The van der Waals surface area contributed by atoms with Gasteiger partial charge in [0.25, 0.3) is 0 Å². The molecule has 0 bridgehead atoms. The Labute approximate surface area is 71.8 Å². The van der Waals surface area contributed by atoms with Crippen molar-refractivity contribution >= 4 is 0 Å². The lowest BCUT2D eigenvalue weighted by atomic mass is 10.2. The van der Waals surface area contributed by atoms with Crippen LogP contribution in [0, 0.1) is 6.92 Å². The minimum absolute atomic E-state index is 0.0921. The number of furan rings is 1. The fraction of sp³-hybridized carbons (Fsp3) is 0.556. The van der Waals surface area contributed by atoms with Crippen LogP contribution in [-0.2, 0) is 0 Å². The molecule has 12 heavy (non-hydrogen) atoms. The van der Waals surface area contributed by atoms with Crippen molar-refractivity contribution in [1.82, 2.24) is 5.32 Å². The number of hydrogen-bond acceptors (Lipinski definition) is 2. The van der Waals surface area contributed by atoms with Crippen molar-refractivity contribution in [1.29, 1.82) is 0 Å². The van der Waals surface area contributed by atoms with Gasteiger partial charge in [-0.25, -0.2) is 4.39 Å². The maximum absolute atomic E-state index is 11.8. The first kappa shape index (κ1) is 9.26. The predicted molar refractivity (Wildman–Crippen MR) is 45.8 cm³/mol. The van der Waals surface area contributed by atoms with Crippen LogP contribution in [0.5, 0.6) is 0 Å². The van der Waals surface area contributed by atoms with Gasteiger partial charge in [0.05, 0.1) is 6.04 Å². The summed E-state index contributed by atoms with van der Waals surface area (Å²) >= 11 is 0. The minimum Gasteiger partial charge on any atom is -0.465 e. The molecule has 0 aliphatic carbocycles. The smallest absolute Gasteiger partial charge is 0.120 e. The molecule has 1 N–H and O–H groups in total. The van der Waals surface area contributed by atoms with Gasteiger partial charge in [-0.15, -0.1) is 0 Å². The van der Waals surface area contributed by atoms with E-state index >= 15 is 0 Å². The first-order valence-electron chi connectivity index (χ1n) is 4.09. The van der Waals surface area contributed by atoms with Crippen molar-refractivity contribution < 1.29 is 8.81 Å². The number of rotatable bonds is 4. The van der Waals surface area contributed by atoms with Gasteiger partial charge in [-0.05, 0) is 26.0 Å². The molecule has 2 nitrogen and oxygen atoms in total. The average Bonchev–Trinajstić information content (AvgIpc) is 2.47. The second kappa shape index (κ2) is 4.26. The largest absolute Gasteiger partial charge is 0.465 e. The van der Waals surface area contributed by atoms with E-state index in [1.165, 1.54) is 0 Å². The maximum atomic E-state index is 11.8. The fourth-order valence-electron chi connectivity index (χ4n) is 1.06. The third-order valence-electron chi connectivity index (χ3n) is 1.73. The zero-order chi connectivity index (χ0) is 8.97. The first-order chi connectivity index (χ1) is 5.74. The summed E-state index contributed by atoms with van der Waals surface area (Å²) in [6.07, 6.45) is 0. The van der Waals surface area contributed by atoms with Crippen LogP contribution in [0.25, 0.3) is 0 Å². The van der Waals surface area contributed by atoms with Crippen LogP contribution in [0.15, 0.2) is 16.5 Å². The minimum atomic E-state index is -0.343. The highest BCUT2D eigenvalue weighted by molar-refractivity contribution is 5.08. The number of halogens is 1. The van der Waals surface area contributed by atoms with E-state index in [-0.39, 0.29) is 12.7 Å². The monoisotopic (exact) mass is 171 g/mol. The lowest BCUT2D eigenvalue weighted by molar-refractivity contribution is 0.392. The third-order valence-corrected chi connectivity index (χ3v) is 1.73. The Morgan fingerprint density at radius 3 is 2.83 bits per heavy atom. The Morgan fingerprint density at radius 2 is 2.33 bits per heavy atom. The predicted octanol–water partition coefficient (Wildman–Crippen LogP) is 2.21. The Kier molecular flexibility index (Phi) is 3.29. The first-order valence-corrected chi connectivity index (χ1v) is 4.09. The molecule has 0 amide bonds. The molecule has 1 aromatic rings. The van der Waals surface area contributed by atoms with E-state index in [1.807, 2.05) is 26.0 Å². The summed E-state index contributed by atoms with van der Waals surface area (Å²) in [7, 11) is 0. The Morgan fingerprint density at radius 1 is 1.58 bits per heavy atom. The van der Waals surface area contributed by atoms with Crippen molar-refractivity contribution in [3.8, 4) is 0 Å². The van der Waals surface area contributed by atoms with E-state index in [1.54, 1.807) is 0 Å². The zero-order valence-electron chi connectivity index (χ0n) is 7.43. The molecule has 1 unspecified atom stereocenters. The van der Waals surface area contributed by atoms with Crippen molar-refractivity contribution in [2.75, 3.05) is 13.2 Å². The van der Waals surface area contributed by atoms with Gasteiger partial charge < -0.3 is 9.73 Å². The molecule has 1 aromatic heterocycles. The highest BCUT2D eigenvalue weighted by Gasteiger charge is 2.07. The van der Waals surface area contributed by atoms with E-state index in [0.29, 0.717) is 6.54 Å². The highest BCUT2D eigenvalue weighted by Crippen LogP contribution is 2.14. The van der Waals surface area contributed by atoms with Crippen LogP contribution in [0.4, 0.5) is 4.39 Å². The van der Waals surface area contributed by atoms with Crippen LogP contribution in [0.1, 0.15) is 24.5 Å². The maximum Gasteiger partial charge on any atom is 0.120 e. The van der Waals surface area contributed by atoms with Crippen LogP contribution >= 0.6 is 0 Å². The topological polar surface area (TPSA) is 25.2 Å². The fourth-order valence-corrected chi connectivity index (χ4v) is 1.06. The van der Waals surface area contributed by atoms with Gasteiger partial charge in [0.15, 0.2) is 0 Å². The van der Waals surface area contributed by atoms with Gasteiger partial charge in [0.1, 0.15) is 18.2 Å². The van der Waals surface area contributed by atoms with Crippen molar-refractivity contribution in [3.05, 3.63) is 23.7 Å².